The fraction of sp³-hybridized carbons (Fsp3) is 0.316. The molecular formula is C19H21N3O3. The van der Waals surface area contributed by atoms with Crippen molar-refractivity contribution in [2.75, 3.05) is 10.6 Å². The number of aromatic nitrogens is 1. The molecule has 6 heteroatoms. The van der Waals surface area contributed by atoms with E-state index < -0.39 is 5.97 Å². The highest BCUT2D eigenvalue weighted by molar-refractivity contribution is 6.04. The molecule has 1 aromatic carbocycles. The van der Waals surface area contributed by atoms with E-state index in [1.54, 1.807) is 24.4 Å². The molecule has 0 saturated heterocycles. The van der Waals surface area contributed by atoms with Gasteiger partial charge in [-0.1, -0.05) is 18.2 Å². The Labute approximate surface area is 146 Å². The quantitative estimate of drug-likeness (QED) is 0.777. The molecule has 1 amide bonds. The summed E-state index contributed by atoms with van der Waals surface area (Å²) >= 11 is 0. The van der Waals surface area contributed by atoms with Crippen molar-refractivity contribution in [2.45, 2.75) is 31.7 Å². The molecule has 0 atom stereocenters. The largest absolute Gasteiger partial charge is 0.481 e. The number of nitrogens with zero attached hydrogens (tertiary/aromatic N) is 1. The Balaban J connectivity index is 1.52. The summed E-state index contributed by atoms with van der Waals surface area (Å²) in [6.07, 6.45) is 4.65. The molecule has 130 valence electrons. The minimum absolute atomic E-state index is 0.171. The highest BCUT2D eigenvalue weighted by Crippen LogP contribution is 2.26. The highest BCUT2D eigenvalue weighted by atomic mass is 16.4. The van der Waals surface area contributed by atoms with E-state index in [0.717, 1.165) is 18.7 Å². The van der Waals surface area contributed by atoms with Crippen molar-refractivity contribution in [1.29, 1.82) is 0 Å². The first-order valence-corrected chi connectivity index (χ1v) is 8.43. The van der Waals surface area contributed by atoms with Gasteiger partial charge in [0.1, 0.15) is 5.82 Å². The number of nitrogens with one attached hydrogen (secondary N) is 2. The predicted octanol–water partition coefficient (Wildman–Crippen LogP) is 3.39. The van der Waals surface area contributed by atoms with E-state index in [2.05, 4.69) is 15.6 Å². The molecule has 1 saturated carbocycles. The van der Waals surface area contributed by atoms with Crippen molar-refractivity contribution in [1.82, 2.24) is 4.98 Å². The molecule has 2 aromatic rings. The van der Waals surface area contributed by atoms with Crippen molar-refractivity contribution >= 4 is 23.4 Å². The maximum Gasteiger partial charge on any atom is 0.306 e. The highest BCUT2D eigenvalue weighted by Gasteiger charge is 2.25. The Hall–Kier alpha value is -2.89. The molecule has 0 radical (unpaired) electrons. The van der Waals surface area contributed by atoms with Crippen molar-refractivity contribution in [3.63, 3.8) is 0 Å². The zero-order chi connectivity index (χ0) is 17.6. The normalized spacial score (nSPS) is 19.8. The molecule has 0 unspecified atom stereocenters. The van der Waals surface area contributed by atoms with Crippen LogP contribution in [0.25, 0.3) is 0 Å². The van der Waals surface area contributed by atoms with E-state index in [0.29, 0.717) is 24.1 Å². The second-order valence-electron chi connectivity index (χ2n) is 6.28. The average Bonchev–Trinajstić information content (AvgIpc) is 2.64. The van der Waals surface area contributed by atoms with Crippen LogP contribution in [0.4, 0.5) is 11.5 Å². The average molecular weight is 339 g/mol. The second-order valence-corrected chi connectivity index (χ2v) is 6.28. The Bertz CT molecular complexity index is 723. The molecule has 3 N–H and O–H groups in total. The fourth-order valence-corrected chi connectivity index (χ4v) is 3.04. The topological polar surface area (TPSA) is 91.3 Å². The number of aliphatic carboxylic acids is 1. The lowest BCUT2D eigenvalue weighted by molar-refractivity contribution is -0.142. The fourth-order valence-electron chi connectivity index (χ4n) is 3.04. The molecule has 1 aliphatic rings. The summed E-state index contributed by atoms with van der Waals surface area (Å²) in [5.41, 5.74) is 1.23. The van der Waals surface area contributed by atoms with Crippen LogP contribution in [-0.4, -0.2) is 28.0 Å². The number of carboxylic acids is 1. The third-order valence-corrected chi connectivity index (χ3v) is 4.49. The maximum absolute atomic E-state index is 12.1. The Kier molecular flexibility index (Phi) is 5.28. The summed E-state index contributed by atoms with van der Waals surface area (Å²) in [6, 6.07) is 12.9. The zero-order valence-corrected chi connectivity index (χ0v) is 13.8. The van der Waals surface area contributed by atoms with Crippen LogP contribution in [0.15, 0.2) is 48.7 Å². The molecular weight excluding hydrogens is 318 g/mol. The number of rotatable bonds is 5. The molecule has 6 nitrogen and oxygen atoms in total. The third kappa shape index (κ3) is 4.56. The number of carbonyl (C=O) groups excluding carboxylic acids is 1. The van der Waals surface area contributed by atoms with Gasteiger partial charge in [-0.15, -0.1) is 0 Å². The van der Waals surface area contributed by atoms with E-state index in [-0.39, 0.29) is 17.9 Å². The summed E-state index contributed by atoms with van der Waals surface area (Å²) < 4.78 is 0. The molecule has 1 aromatic heterocycles. The van der Waals surface area contributed by atoms with Crippen LogP contribution >= 0.6 is 0 Å². The number of carbonyl (C=O) groups is 2. The molecule has 0 aliphatic heterocycles. The van der Waals surface area contributed by atoms with Gasteiger partial charge in [-0.2, -0.15) is 0 Å². The van der Waals surface area contributed by atoms with Gasteiger partial charge in [-0.3, -0.25) is 9.59 Å². The molecule has 0 bridgehead atoms. The van der Waals surface area contributed by atoms with Gasteiger partial charge in [0.05, 0.1) is 17.8 Å². The van der Waals surface area contributed by atoms with Gasteiger partial charge < -0.3 is 15.7 Å². The zero-order valence-electron chi connectivity index (χ0n) is 13.8. The lowest BCUT2D eigenvalue weighted by Gasteiger charge is -2.27. The lowest BCUT2D eigenvalue weighted by Crippen LogP contribution is -2.29. The van der Waals surface area contributed by atoms with Gasteiger partial charge in [0.15, 0.2) is 0 Å². The van der Waals surface area contributed by atoms with E-state index >= 15 is 0 Å². The maximum atomic E-state index is 12.1. The van der Waals surface area contributed by atoms with Crippen molar-refractivity contribution in [3.8, 4) is 0 Å². The van der Waals surface area contributed by atoms with E-state index in [1.165, 1.54) is 0 Å². The number of hydrogen-bond donors (Lipinski definition) is 3. The smallest absolute Gasteiger partial charge is 0.306 e. The van der Waals surface area contributed by atoms with Crippen molar-refractivity contribution in [2.24, 2.45) is 5.92 Å². The van der Waals surface area contributed by atoms with Gasteiger partial charge in [0, 0.05) is 11.6 Å². The molecule has 25 heavy (non-hydrogen) atoms. The van der Waals surface area contributed by atoms with Crippen LogP contribution < -0.4 is 10.6 Å². The number of carboxylic acid groups (broad SMARTS) is 1. The number of hydrogen-bond acceptors (Lipinski definition) is 4. The number of pyridine rings is 1. The van der Waals surface area contributed by atoms with E-state index in [9.17, 15) is 9.59 Å². The number of anilines is 2. The molecule has 3 rings (SSSR count). The van der Waals surface area contributed by atoms with Gasteiger partial charge in [0.2, 0.25) is 0 Å². The van der Waals surface area contributed by atoms with Crippen molar-refractivity contribution in [3.05, 3.63) is 54.2 Å². The minimum Gasteiger partial charge on any atom is -0.481 e. The first kappa shape index (κ1) is 17.0. The lowest BCUT2D eigenvalue weighted by atomic mass is 9.86. The Morgan fingerprint density at radius 3 is 2.32 bits per heavy atom. The van der Waals surface area contributed by atoms with Gasteiger partial charge in [-0.05, 0) is 49.9 Å². The summed E-state index contributed by atoms with van der Waals surface area (Å²) in [5, 5.41) is 15.2. The second kappa shape index (κ2) is 7.79. The SMILES string of the molecule is O=C(Nc1ccc(NC2CCC(C(=O)O)CC2)nc1)c1ccccc1. The summed E-state index contributed by atoms with van der Waals surface area (Å²) in [7, 11) is 0. The predicted molar refractivity (Wildman–Crippen MR) is 95.6 cm³/mol. The van der Waals surface area contributed by atoms with E-state index in [1.807, 2.05) is 24.3 Å². The van der Waals surface area contributed by atoms with Crippen LogP contribution in [0.3, 0.4) is 0 Å². The Morgan fingerprint density at radius 2 is 1.72 bits per heavy atom. The summed E-state index contributed by atoms with van der Waals surface area (Å²) in [5.74, 6) is -0.358. The molecule has 1 fully saturated rings. The monoisotopic (exact) mass is 339 g/mol. The van der Waals surface area contributed by atoms with Crippen LogP contribution in [-0.2, 0) is 4.79 Å². The minimum atomic E-state index is -0.699. The molecule has 1 aliphatic carbocycles. The van der Waals surface area contributed by atoms with Crippen molar-refractivity contribution < 1.29 is 14.7 Å². The molecule has 0 spiro atoms. The molecule has 1 heterocycles. The third-order valence-electron chi connectivity index (χ3n) is 4.49. The van der Waals surface area contributed by atoms with Crippen LogP contribution in [0, 0.1) is 5.92 Å². The van der Waals surface area contributed by atoms with Gasteiger partial charge in [0.25, 0.3) is 5.91 Å². The summed E-state index contributed by atoms with van der Waals surface area (Å²) in [6.45, 7) is 0. The standard InChI is InChI=1S/C19H21N3O3/c23-18(13-4-2-1-3-5-13)22-16-10-11-17(20-12-16)21-15-8-6-14(7-9-15)19(24)25/h1-5,10-12,14-15H,6-9H2,(H,20,21)(H,22,23)(H,24,25). The first-order valence-electron chi connectivity index (χ1n) is 8.43. The summed E-state index contributed by atoms with van der Waals surface area (Å²) in [4.78, 5) is 27.4. The Morgan fingerprint density at radius 1 is 1.00 bits per heavy atom. The number of amides is 1. The van der Waals surface area contributed by atoms with Crippen LogP contribution in [0.2, 0.25) is 0 Å². The van der Waals surface area contributed by atoms with Crippen LogP contribution in [0.5, 0.6) is 0 Å². The van der Waals surface area contributed by atoms with Gasteiger partial charge in [-0.25, -0.2) is 4.98 Å². The van der Waals surface area contributed by atoms with Crippen LogP contribution in [0.1, 0.15) is 36.0 Å². The van der Waals surface area contributed by atoms with E-state index in [4.69, 9.17) is 5.11 Å². The first-order chi connectivity index (χ1) is 12.1. The van der Waals surface area contributed by atoms with Gasteiger partial charge >= 0.3 is 5.97 Å². The number of benzene rings is 1.